The summed E-state index contributed by atoms with van der Waals surface area (Å²) in [7, 11) is 0. The van der Waals surface area contributed by atoms with Crippen LogP contribution in [0.1, 0.15) is 15.9 Å². The molecule has 2 aromatic rings. The number of hydrogen-bond acceptors (Lipinski definition) is 3. The Bertz CT molecular complexity index is 687. The monoisotopic (exact) mass is 407 g/mol. The Kier molecular flexibility index (Phi) is 6.08. The number of hydrazone groups is 1. The van der Waals surface area contributed by atoms with Crippen molar-refractivity contribution >= 4 is 40.6 Å². The fourth-order valence-corrected chi connectivity index (χ4v) is 2.29. The zero-order valence-corrected chi connectivity index (χ0v) is 13.8. The average Bonchev–Trinajstić information content (AvgIpc) is 2.54. The molecule has 0 aliphatic rings. The molecule has 0 atom stereocenters. The summed E-state index contributed by atoms with van der Waals surface area (Å²) in [5.41, 5.74) is 3.79. The second kappa shape index (κ2) is 8.28. The third-order valence-corrected chi connectivity index (χ3v) is 3.67. The Labute approximate surface area is 141 Å². The number of benzene rings is 2. The number of rotatable bonds is 5. The zero-order valence-electron chi connectivity index (χ0n) is 11.6. The van der Waals surface area contributed by atoms with Crippen LogP contribution in [0.15, 0.2) is 59.7 Å². The van der Waals surface area contributed by atoms with E-state index in [1.807, 2.05) is 42.5 Å². The van der Waals surface area contributed by atoms with Gasteiger partial charge in [-0.1, -0.05) is 42.5 Å². The molecule has 0 saturated heterocycles. The summed E-state index contributed by atoms with van der Waals surface area (Å²) in [6.45, 7) is -0.129. The second-order valence-electron chi connectivity index (χ2n) is 4.37. The van der Waals surface area contributed by atoms with Gasteiger partial charge < -0.3 is 5.32 Å². The van der Waals surface area contributed by atoms with Crippen LogP contribution in [-0.4, -0.2) is 24.6 Å². The minimum atomic E-state index is -0.383. The lowest BCUT2D eigenvalue weighted by Crippen LogP contribution is -2.35. The zero-order chi connectivity index (χ0) is 15.8. The standard InChI is InChI=1S/C16H14IN3O2/c17-14-9-5-4-8-13(14)16(22)18-11-15(21)20-19-10-12-6-2-1-3-7-12/h1-10H,11H2,(H,18,22)(H,20,21)/b19-10-. The first-order chi connectivity index (χ1) is 10.7. The molecule has 0 aliphatic carbocycles. The molecule has 0 bridgehead atoms. The van der Waals surface area contributed by atoms with Crippen molar-refractivity contribution < 1.29 is 9.59 Å². The van der Waals surface area contributed by atoms with E-state index >= 15 is 0 Å². The van der Waals surface area contributed by atoms with Gasteiger partial charge in [-0.2, -0.15) is 5.10 Å². The van der Waals surface area contributed by atoms with Crippen molar-refractivity contribution in [1.29, 1.82) is 0 Å². The Balaban J connectivity index is 1.80. The molecule has 0 unspecified atom stereocenters. The molecule has 0 saturated carbocycles. The van der Waals surface area contributed by atoms with Crippen LogP contribution in [0, 0.1) is 3.57 Å². The summed E-state index contributed by atoms with van der Waals surface area (Å²) >= 11 is 2.08. The fourth-order valence-electron chi connectivity index (χ4n) is 1.66. The van der Waals surface area contributed by atoms with E-state index in [9.17, 15) is 9.59 Å². The quantitative estimate of drug-likeness (QED) is 0.453. The van der Waals surface area contributed by atoms with Gasteiger partial charge in [-0.15, -0.1) is 0 Å². The minimum Gasteiger partial charge on any atom is -0.343 e. The molecule has 2 amide bonds. The van der Waals surface area contributed by atoms with Crippen LogP contribution in [0.2, 0.25) is 0 Å². The molecule has 0 aromatic heterocycles. The summed E-state index contributed by atoms with van der Waals surface area (Å²) < 4.78 is 0.833. The van der Waals surface area contributed by atoms with Crippen molar-refractivity contribution in [3.05, 3.63) is 69.3 Å². The molecular weight excluding hydrogens is 393 g/mol. The highest BCUT2D eigenvalue weighted by Gasteiger charge is 2.10. The highest BCUT2D eigenvalue weighted by Crippen LogP contribution is 2.10. The van der Waals surface area contributed by atoms with Gasteiger partial charge >= 0.3 is 0 Å². The number of nitrogens with one attached hydrogen (secondary N) is 2. The summed E-state index contributed by atoms with van der Waals surface area (Å²) in [4.78, 5) is 23.5. The average molecular weight is 407 g/mol. The van der Waals surface area contributed by atoms with E-state index in [0.29, 0.717) is 5.56 Å². The van der Waals surface area contributed by atoms with Crippen LogP contribution in [0.5, 0.6) is 0 Å². The molecule has 0 fully saturated rings. The highest BCUT2D eigenvalue weighted by molar-refractivity contribution is 14.1. The molecule has 0 aliphatic heterocycles. The Morgan fingerprint density at radius 3 is 2.45 bits per heavy atom. The van der Waals surface area contributed by atoms with Gasteiger partial charge in [-0.05, 0) is 40.3 Å². The first kappa shape index (κ1) is 16.2. The van der Waals surface area contributed by atoms with Crippen LogP contribution in [-0.2, 0) is 4.79 Å². The number of hydrogen-bond donors (Lipinski definition) is 2. The number of nitrogens with zero attached hydrogens (tertiary/aromatic N) is 1. The summed E-state index contributed by atoms with van der Waals surface area (Å²) in [6.07, 6.45) is 1.54. The van der Waals surface area contributed by atoms with Crippen molar-refractivity contribution in [2.45, 2.75) is 0 Å². The molecule has 112 valence electrons. The van der Waals surface area contributed by atoms with E-state index in [2.05, 4.69) is 38.4 Å². The van der Waals surface area contributed by atoms with Crippen LogP contribution in [0.25, 0.3) is 0 Å². The molecular formula is C16H14IN3O2. The topological polar surface area (TPSA) is 70.6 Å². The predicted molar refractivity (Wildman–Crippen MR) is 93.7 cm³/mol. The van der Waals surface area contributed by atoms with Gasteiger partial charge in [0.15, 0.2) is 0 Å². The second-order valence-corrected chi connectivity index (χ2v) is 5.53. The SMILES string of the molecule is O=C(CNC(=O)c1ccccc1I)N/N=C\c1ccccc1. The van der Waals surface area contributed by atoms with Gasteiger partial charge in [0.1, 0.15) is 0 Å². The number of halogens is 1. The summed E-state index contributed by atoms with van der Waals surface area (Å²) in [6, 6.07) is 16.6. The fraction of sp³-hybridized carbons (Fsp3) is 0.0625. The van der Waals surface area contributed by atoms with Crippen molar-refractivity contribution in [1.82, 2.24) is 10.7 Å². The van der Waals surface area contributed by atoms with Crippen LogP contribution >= 0.6 is 22.6 Å². The van der Waals surface area contributed by atoms with Gasteiger partial charge in [-0.3, -0.25) is 9.59 Å². The first-order valence-electron chi connectivity index (χ1n) is 6.56. The third-order valence-electron chi connectivity index (χ3n) is 2.73. The Morgan fingerprint density at radius 1 is 1.05 bits per heavy atom. The lowest BCUT2D eigenvalue weighted by molar-refractivity contribution is -0.120. The van der Waals surface area contributed by atoms with E-state index < -0.39 is 0 Å². The van der Waals surface area contributed by atoms with Gasteiger partial charge in [-0.25, -0.2) is 5.43 Å². The van der Waals surface area contributed by atoms with Crippen LogP contribution in [0.3, 0.4) is 0 Å². The first-order valence-corrected chi connectivity index (χ1v) is 7.64. The van der Waals surface area contributed by atoms with Gasteiger partial charge in [0.05, 0.1) is 18.3 Å². The largest absolute Gasteiger partial charge is 0.343 e. The van der Waals surface area contributed by atoms with Crippen LogP contribution < -0.4 is 10.7 Å². The molecule has 2 rings (SSSR count). The van der Waals surface area contributed by atoms with Gasteiger partial charge in [0, 0.05) is 3.57 Å². The van der Waals surface area contributed by atoms with E-state index in [-0.39, 0.29) is 18.4 Å². The number of amides is 2. The van der Waals surface area contributed by atoms with Gasteiger partial charge in [0.2, 0.25) is 0 Å². The van der Waals surface area contributed by atoms with Crippen molar-refractivity contribution in [3.8, 4) is 0 Å². The molecule has 0 radical (unpaired) electrons. The Morgan fingerprint density at radius 2 is 1.73 bits per heavy atom. The van der Waals surface area contributed by atoms with E-state index in [1.54, 1.807) is 18.3 Å². The van der Waals surface area contributed by atoms with Crippen molar-refractivity contribution in [2.75, 3.05) is 6.54 Å². The van der Waals surface area contributed by atoms with E-state index in [4.69, 9.17) is 0 Å². The maximum atomic E-state index is 11.9. The highest BCUT2D eigenvalue weighted by atomic mass is 127. The lowest BCUT2D eigenvalue weighted by atomic mass is 10.2. The van der Waals surface area contributed by atoms with Crippen molar-refractivity contribution in [2.24, 2.45) is 5.10 Å². The maximum absolute atomic E-state index is 11.9. The summed E-state index contributed by atoms with van der Waals surface area (Å²) in [5.74, 6) is -0.668. The molecule has 5 nitrogen and oxygen atoms in total. The third kappa shape index (κ3) is 4.96. The number of carbonyl (C=O) groups excluding carboxylic acids is 2. The Hall–Kier alpha value is -2.22. The molecule has 2 N–H and O–H groups in total. The molecule has 6 heteroatoms. The minimum absolute atomic E-state index is 0.129. The summed E-state index contributed by atoms with van der Waals surface area (Å²) in [5, 5.41) is 6.39. The molecule has 0 spiro atoms. The lowest BCUT2D eigenvalue weighted by Gasteiger charge is -2.05. The molecule has 2 aromatic carbocycles. The van der Waals surface area contributed by atoms with Crippen LogP contribution in [0.4, 0.5) is 0 Å². The number of carbonyl (C=O) groups is 2. The predicted octanol–water partition coefficient (Wildman–Crippen LogP) is 2.17. The van der Waals surface area contributed by atoms with Crippen molar-refractivity contribution in [3.63, 3.8) is 0 Å². The van der Waals surface area contributed by atoms with E-state index in [0.717, 1.165) is 9.13 Å². The van der Waals surface area contributed by atoms with E-state index in [1.165, 1.54) is 0 Å². The maximum Gasteiger partial charge on any atom is 0.259 e. The molecule has 22 heavy (non-hydrogen) atoms. The normalized spacial score (nSPS) is 10.4. The van der Waals surface area contributed by atoms with Gasteiger partial charge in [0.25, 0.3) is 11.8 Å². The molecule has 0 heterocycles. The smallest absolute Gasteiger partial charge is 0.259 e.